The molecule has 1 aliphatic rings. The summed E-state index contributed by atoms with van der Waals surface area (Å²) in [5, 5.41) is 3.30. The molecule has 0 aliphatic heterocycles. The van der Waals surface area contributed by atoms with Gasteiger partial charge >= 0.3 is 0 Å². The predicted octanol–water partition coefficient (Wildman–Crippen LogP) is 5.78. The third kappa shape index (κ3) is 3.47. The van der Waals surface area contributed by atoms with Crippen LogP contribution in [-0.4, -0.2) is 20.9 Å². The number of carbonyl (C=O) groups is 1. The first-order valence-electron chi connectivity index (χ1n) is 10.1. The lowest BCUT2D eigenvalue weighted by atomic mass is 9.64. The zero-order valence-corrected chi connectivity index (χ0v) is 17.6. The number of fused-ring (bicyclic) bond motifs is 1. The number of rotatable bonds is 4. The van der Waals surface area contributed by atoms with E-state index in [0.29, 0.717) is 27.5 Å². The Morgan fingerprint density at radius 2 is 2.03 bits per heavy atom. The Labute approximate surface area is 183 Å². The standard InChI is InChI=1S/C24H20ClFN4O/c1-14-10-19-20(12-18(14)26)29-23(28-19)24(8-3-9-24)16-6-7-21(27-13-16)30-22(31)15-4-2-5-17(25)11-15/h2,4-7,10-13H,3,8-9H2,1H3,(H,28,29)(H,27,30,31). The van der Waals surface area contributed by atoms with Crippen LogP contribution in [-0.2, 0) is 5.41 Å². The van der Waals surface area contributed by atoms with Gasteiger partial charge in [-0.15, -0.1) is 0 Å². The van der Waals surface area contributed by atoms with Crippen LogP contribution in [0.15, 0.2) is 54.7 Å². The second-order valence-corrected chi connectivity index (χ2v) is 8.47. The highest BCUT2D eigenvalue weighted by molar-refractivity contribution is 6.31. The molecule has 0 unspecified atom stereocenters. The van der Waals surface area contributed by atoms with Crippen LogP contribution in [0.25, 0.3) is 11.0 Å². The number of aryl methyl sites for hydroxylation is 1. The molecule has 0 saturated heterocycles. The number of halogens is 2. The fourth-order valence-corrected chi connectivity index (χ4v) is 4.31. The lowest BCUT2D eigenvalue weighted by Crippen LogP contribution is -2.36. The van der Waals surface area contributed by atoms with Crippen molar-refractivity contribution in [2.75, 3.05) is 5.32 Å². The number of amides is 1. The quantitative estimate of drug-likeness (QED) is 0.427. The number of nitrogens with one attached hydrogen (secondary N) is 2. The number of pyridine rings is 1. The van der Waals surface area contributed by atoms with Gasteiger partial charge in [0.25, 0.3) is 5.91 Å². The summed E-state index contributed by atoms with van der Waals surface area (Å²) in [6.45, 7) is 1.74. The topological polar surface area (TPSA) is 70.7 Å². The third-order valence-electron chi connectivity index (χ3n) is 6.07. The van der Waals surface area contributed by atoms with Gasteiger partial charge in [0.2, 0.25) is 0 Å². The smallest absolute Gasteiger partial charge is 0.256 e. The number of anilines is 1. The molecule has 2 heterocycles. The normalized spacial score (nSPS) is 14.9. The van der Waals surface area contributed by atoms with E-state index in [4.69, 9.17) is 16.6 Å². The predicted molar refractivity (Wildman–Crippen MR) is 119 cm³/mol. The summed E-state index contributed by atoms with van der Waals surface area (Å²) in [4.78, 5) is 25.0. The SMILES string of the molecule is Cc1cc2nc(C3(c4ccc(NC(=O)c5cccc(Cl)c5)nc4)CCC3)[nH]c2cc1F. The molecule has 1 aliphatic carbocycles. The molecule has 0 bridgehead atoms. The zero-order valence-electron chi connectivity index (χ0n) is 16.9. The second-order valence-electron chi connectivity index (χ2n) is 8.04. The molecule has 2 aromatic carbocycles. The molecule has 4 aromatic rings. The molecule has 1 fully saturated rings. The molecule has 5 rings (SSSR count). The Morgan fingerprint density at radius 1 is 1.19 bits per heavy atom. The maximum atomic E-state index is 14.0. The Kier molecular flexibility index (Phi) is 4.74. The van der Waals surface area contributed by atoms with Crippen LogP contribution in [0.4, 0.5) is 10.2 Å². The fraction of sp³-hybridized carbons (Fsp3) is 0.208. The van der Waals surface area contributed by atoms with Crippen molar-refractivity contribution in [3.63, 3.8) is 0 Å². The van der Waals surface area contributed by atoms with Crippen molar-refractivity contribution in [3.05, 3.63) is 88.1 Å². The number of aromatic nitrogens is 3. The fourth-order valence-electron chi connectivity index (χ4n) is 4.12. The van der Waals surface area contributed by atoms with E-state index in [1.807, 2.05) is 6.07 Å². The van der Waals surface area contributed by atoms with Crippen LogP contribution < -0.4 is 5.32 Å². The van der Waals surface area contributed by atoms with E-state index < -0.39 is 0 Å². The van der Waals surface area contributed by atoms with E-state index in [-0.39, 0.29) is 17.1 Å². The zero-order chi connectivity index (χ0) is 21.6. The van der Waals surface area contributed by atoms with E-state index in [0.717, 1.165) is 36.2 Å². The van der Waals surface area contributed by atoms with Crippen molar-refractivity contribution in [1.82, 2.24) is 15.0 Å². The molecule has 2 N–H and O–H groups in total. The Hall–Kier alpha value is -3.25. The third-order valence-corrected chi connectivity index (χ3v) is 6.30. The Balaban J connectivity index is 1.42. The molecule has 31 heavy (non-hydrogen) atoms. The van der Waals surface area contributed by atoms with Crippen molar-refractivity contribution in [2.45, 2.75) is 31.6 Å². The van der Waals surface area contributed by atoms with Crippen molar-refractivity contribution in [3.8, 4) is 0 Å². The van der Waals surface area contributed by atoms with Crippen LogP contribution in [0.1, 0.15) is 46.6 Å². The molecule has 1 amide bonds. The highest BCUT2D eigenvalue weighted by Crippen LogP contribution is 2.48. The van der Waals surface area contributed by atoms with E-state index in [1.165, 1.54) is 6.07 Å². The van der Waals surface area contributed by atoms with Gasteiger partial charge in [0.15, 0.2) is 0 Å². The largest absolute Gasteiger partial charge is 0.341 e. The average Bonchev–Trinajstić information content (AvgIpc) is 3.11. The van der Waals surface area contributed by atoms with Crippen molar-refractivity contribution in [2.24, 2.45) is 0 Å². The van der Waals surface area contributed by atoms with Gasteiger partial charge < -0.3 is 10.3 Å². The molecular weight excluding hydrogens is 415 g/mol. The lowest BCUT2D eigenvalue weighted by molar-refractivity contribution is 0.102. The van der Waals surface area contributed by atoms with Gasteiger partial charge in [0, 0.05) is 16.8 Å². The summed E-state index contributed by atoms with van der Waals surface area (Å²) < 4.78 is 14.0. The average molecular weight is 435 g/mol. The second kappa shape index (κ2) is 7.46. The molecular formula is C24H20ClFN4O. The Morgan fingerprint density at radius 3 is 2.71 bits per heavy atom. The van der Waals surface area contributed by atoms with Crippen molar-refractivity contribution >= 4 is 34.4 Å². The van der Waals surface area contributed by atoms with Gasteiger partial charge in [-0.2, -0.15) is 0 Å². The minimum absolute atomic E-state index is 0.244. The van der Waals surface area contributed by atoms with Crippen LogP contribution in [0, 0.1) is 12.7 Å². The molecule has 156 valence electrons. The summed E-state index contributed by atoms with van der Waals surface area (Å²) in [6.07, 6.45) is 4.73. The van der Waals surface area contributed by atoms with Crippen LogP contribution >= 0.6 is 11.6 Å². The van der Waals surface area contributed by atoms with E-state index in [9.17, 15) is 9.18 Å². The lowest BCUT2D eigenvalue weighted by Gasteiger charge is -2.40. The monoisotopic (exact) mass is 434 g/mol. The molecule has 0 spiro atoms. The molecule has 1 saturated carbocycles. The summed E-state index contributed by atoms with van der Waals surface area (Å²) in [7, 11) is 0. The summed E-state index contributed by atoms with van der Waals surface area (Å²) in [5.41, 5.74) is 3.26. The van der Waals surface area contributed by atoms with Gasteiger partial charge in [-0.25, -0.2) is 14.4 Å². The first kappa shape index (κ1) is 19.7. The Bertz CT molecular complexity index is 1260. The minimum atomic E-state index is -0.272. The minimum Gasteiger partial charge on any atom is -0.341 e. The van der Waals surface area contributed by atoms with Gasteiger partial charge in [0.1, 0.15) is 17.5 Å². The molecule has 2 aromatic heterocycles. The van der Waals surface area contributed by atoms with E-state index in [2.05, 4.69) is 15.3 Å². The molecule has 0 radical (unpaired) electrons. The molecule has 0 atom stereocenters. The van der Waals surface area contributed by atoms with Gasteiger partial charge in [0.05, 0.1) is 16.4 Å². The molecule has 7 heteroatoms. The van der Waals surface area contributed by atoms with Crippen LogP contribution in [0.2, 0.25) is 5.02 Å². The number of nitrogens with zero attached hydrogens (tertiary/aromatic N) is 2. The number of hydrogen-bond donors (Lipinski definition) is 2. The van der Waals surface area contributed by atoms with Crippen LogP contribution in [0.5, 0.6) is 0 Å². The first-order chi connectivity index (χ1) is 14.9. The number of benzene rings is 2. The number of hydrogen-bond acceptors (Lipinski definition) is 3. The number of H-pyrrole nitrogens is 1. The summed E-state index contributed by atoms with van der Waals surface area (Å²) in [5.74, 6) is 0.782. The maximum absolute atomic E-state index is 14.0. The number of imidazole rings is 1. The van der Waals surface area contributed by atoms with Crippen molar-refractivity contribution in [1.29, 1.82) is 0 Å². The summed E-state index contributed by atoms with van der Waals surface area (Å²) in [6, 6.07) is 13.8. The van der Waals surface area contributed by atoms with Crippen molar-refractivity contribution < 1.29 is 9.18 Å². The van der Waals surface area contributed by atoms with Crippen LogP contribution in [0.3, 0.4) is 0 Å². The maximum Gasteiger partial charge on any atom is 0.256 e. The van der Waals surface area contributed by atoms with Gasteiger partial charge in [-0.3, -0.25) is 4.79 Å². The molecule has 5 nitrogen and oxygen atoms in total. The van der Waals surface area contributed by atoms with Gasteiger partial charge in [-0.05, 0) is 67.3 Å². The first-order valence-corrected chi connectivity index (χ1v) is 10.5. The highest BCUT2D eigenvalue weighted by atomic mass is 35.5. The highest BCUT2D eigenvalue weighted by Gasteiger charge is 2.43. The van der Waals surface area contributed by atoms with E-state index in [1.54, 1.807) is 49.5 Å². The van der Waals surface area contributed by atoms with Gasteiger partial charge in [-0.1, -0.05) is 30.2 Å². The number of carbonyl (C=O) groups excluding carboxylic acids is 1. The number of aromatic amines is 1. The van der Waals surface area contributed by atoms with E-state index >= 15 is 0 Å². The summed E-state index contributed by atoms with van der Waals surface area (Å²) >= 11 is 5.96.